The van der Waals surface area contributed by atoms with E-state index in [0.29, 0.717) is 19.5 Å². The lowest BCUT2D eigenvalue weighted by atomic mass is 10.1. The summed E-state index contributed by atoms with van der Waals surface area (Å²) in [6.45, 7) is 1.18. The van der Waals surface area contributed by atoms with Crippen LogP contribution in [-0.4, -0.2) is 37.5 Å². The Morgan fingerprint density at radius 2 is 1.87 bits per heavy atom. The smallest absolute Gasteiger partial charge is 0.321 e. The third-order valence-corrected chi connectivity index (χ3v) is 3.43. The van der Waals surface area contributed by atoms with E-state index in [9.17, 15) is 9.59 Å². The summed E-state index contributed by atoms with van der Waals surface area (Å²) in [7, 11) is 3.37. The van der Waals surface area contributed by atoms with Gasteiger partial charge in [0.25, 0.3) is 0 Å². The van der Waals surface area contributed by atoms with Crippen LogP contribution < -0.4 is 16.4 Å². The van der Waals surface area contributed by atoms with Gasteiger partial charge in [0.15, 0.2) is 0 Å². The van der Waals surface area contributed by atoms with Crippen molar-refractivity contribution in [3.63, 3.8) is 0 Å². The maximum Gasteiger partial charge on any atom is 0.321 e. The summed E-state index contributed by atoms with van der Waals surface area (Å²) in [5.41, 5.74) is 7.11. The fourth-order valence-corrected chi connectivity index (χ4v) is 2.07. The van der Waals surface area contributed by atoms with Crippen LogP contribution in [0, 0.1) is 0 Å². The Morgan fingerprint density at radius 1 is 1.13 bits per heavy atom. The summed E-state index contributed by atoms with van der Waals surface area (Å²) in [6, 6.07) is 7.29. The van der Waals surface area contributed by atoms with Crippen molar-refractivity contribution >= 4 is 17.6 Å². The Balaban J connectivity index is 2.34. The largest absolute Gasteiger partial charge is 0.352 e. The Hall–Kier alpha value is -2.08. The number of unbranched alkanes of at least 4 members (excludes halogenated alkanes) is 3. The molecule has 0 atom stereocenters. The first kappa shape index (κ1) is 19.0. The van der Waals surface area contributed by atoms with Gasteiger partial charge in [-0.15, -0.1) is 0 Å². The molecular formula is C17H28N4O2. The molecule has 0 spiro atoms. The second kappa shape index (κ2) is 10.6. The minimum atomic E-state index is -0.177. The Morgan fingerprint density at radius 3 is 2.57 bits per heavy atom. The Bertz CT molecular complexity index is 503. The van der Waals surface area contributed by atoms with Crippen LogP contribution >= 0.6 is 0 Å². The van der Waals surface area contributed by atoms with Crippen LogP contribution in [-0.2, 0) is 11.3 Å². The standard InChI is InChI=1S/C17H28N4O2/c1-21(2)17(23)20-15-9-7-8-14(12-15)13-19-16(22)10-5-3-4-6-11-18/h7-9,12H,3-6,10-11,13,18H2,1-2H3,(H,19,22)(H,20,23). The van der Waals surface area contributed by atoms with E-state index in [1.807, 2.05) is 24.3 Å². The highest BCUT2D eigenvalue weighted by molar-refractivity contribution is 5.89. The first-order valence-electron chi connectivity index (χ1n) is 8.07. The van der Waals surface area contributed by atoms with Crippen LogP contribution in [0.2, 0.25) is 0 Å². The maximum absolute atomic E-state index is 11.8. The molecule has 0 saturated heterocycles. The fraction of sp³-hybridized carbons (Fsp3) is 0.529. The van der Waals surface area contributed by atoms with Crippen molar-refractivity contribution in [2.75, 3.05) is 26.0 Å². The number of hydrogen-bond acceptors (Lipinski definition) is 3. The molecule has 4 N–H and O–H groups in total. The highest BCUT2D eigenvalue weighted by Crippen LogP contribution is 2.11. The van der Waals surface area contributed by atoms with Gasteiger partial charge in [0, 0.05) is 32.7 Å². The zero-order chi connectivity index (χ0) is 17.1. The van der Waals surface area contributed by atoms with E-state index in [1.54, 1.807) is 14.1 Å². The quantitative estimate of drug-likeness (QED) is 0.610. The van der Waals surface area contributed by atoms with Gasteiger partial charge >= 0.3 is 6.03 Å². The number of nitrogens with one attached hydrogen (secondary N) is 2. The second-order valence-electron chi connectivity index (χ2n) is 5.75. The number of carbonyl (C=O) groups excluding carboxylic acids is 2. The van der Waals surface area contributed by atoms with Crippen LogP contribution in [0.4, 0.5) is 10.5 Å². The summed E-state index contributed by atoms with van der Waals surface area (Å²) < 4.78 is 0. The van der Waals surface area contributed by atoms with Gasteiger partial charge < -0.3 is 21.3 Å². The van der Waals surface area contributed by atoms with E-state index >= 15 is 0 Å². The average Bonchev–Trinajstić information content (AvgIpc) is 2.53. The van der Waals surface area contributed by atoms with Gasteiger partial charge in [-0.2, -0.15) is 0 Å². The molecule has 0 heterocycles. The van der Waals surface area contributed by atoms with Crippen LogP contribution in [0.5, 0.6) is 0 Å². The monoisotopic (exact) mass is 320 g/mol. The van der Waals surface area contributed by atoms with Gasteiger partial charge in [-0.05, 0) is 37.1 Å². The van der Waals surface area contributed by atoms with Crippen molar-refractivity contribution in [3.05, 3.63) is 29.8 Å². The molecule has 0 radical (unpaired) electrons. The van der Waals surface area contributed by atoms with Gasteiger partial charge in [-0.3, -0.25) is 4.79 Å². The first-order chi connectivity index (χ1) is 11.0. The molecular weight excluding hydrogens is 292 g/mol. The van der Waals surface area contributed by atoms with Gasteiger partial charge in [-0.1, -0.05) is 25.0 Å². The van der Waals surface area contributed by atoms with E-state index in [2.05, 4.69) is 10.6 Å². The summed E-state index contributed by atoms with van der Waals surface area (Å²) >= 11 is 0. The minimum absolute atomic E-state index is 0.0560. The van der Waals surface area contributed by atoms with E-state index in [1.165, 1.54) is 4.90 Å². The maximum atomic E-state index is 11.8. The highest BCUT2D eigenvalue weighted by Gasteiger charge is 2.05. The molecule has 1 rings (SSSR count). The van der Waals surface area contributed by atoms with E-state index < -0.39 is 0 Å². The zero-order valence-electron chi connectivity index (χ0n) is 14.1. The molecule has 0 unspecified atom stereocenters. The molecule has 0 aliphatic carbocycles. The lowest BCUT2D eigenvalue weighted by Gasteiger charge is -2.13. The zero-order valence-corrected chi connectivity index (χ0v) is 14.1. The normalized spacial score (nSPS) is 10.2. The van der Waals surface area contributed by atoms with Crippen molar-refractivity contribution in [1.29, 1.82) is 0 Å². The number of carbonyl (C=O) groups is 2. The van der Waals surface area contributed by atoms with Gasteiger partial charge in [-0.25, -0.2) is 4.79 Å². The van der Waals surface area contributed by atoms with Crippen LogP contribution in [0.15, 0.2) is 24.3 Å². The summed E-state index contributed by atoms with van der Waals surface area (Å²) in [6.07, 6.45) is 4.58. The molecule has 0 saturated carbocycles. The Labute approximate surface area is 138 Å². The molecule has 0 aromatic heterocycles. The van der Waals surface area contributed by atoms with Crippen molar-refractivity contribution in [2.45, 2.75) is 38.6 Å². The molecule has 0 aliphatic heterocycles. The summed E-state index contributed by atoms with van der Waals surface area (Å²) in [5, 5.41) is 5.69. The fourth-order valence-electron chi connectivity index (χ4n) is 2.07. The molecule has 0 aliphatic rings. The number of urea groups is 1. The van der Waals surface area contributed by atoms with E-state index in [0.717, 1.165) is 36.9 Å². The highest BCUT2D eigenvalue weighted by atomic mass is 16.2. The van der Waals surface area contributed by atoms with Crippen LogP contribution in [0.1, 0.15) is 37.7 Å². The molecule has 3 amide bonds. The molecule has 0 fully saturated rings. The predicted molar refractivity (Wildman–Crippen MR) is 93.1 cm³/mol. The minimum Gasteiger partial charge on any atom is -0.352 e. The first-order valence-corrected chi connectivity index (χ1v) is 8.07. The molecule has 128 valence electrons. The second-order valence-corrected chi connectivity index (χ2v) is 5.75. The van der Waals surface area contributed by atoms with Crippen molar-refractivity contribution < 1.29 is 9.59 Å². The van der Waals surface area contributed by atoms with Crippen molar-refractivity contribution in [2.24, 2.45) is 5.73 Å². The Kier molecular flexibility index (Phi) is 8.75. The lowest BCUT2D eigenvalue weighted by molar-refractivity contribution is -0.121. The summed E-state index contributed by atoms with van der Waals surface area (Å²) in [5.74, 6) is 0.0560. The van der Waals surface area contributed by atoms with Crippen LogP contribution in [0.3, 0.4) is 0 Å². The number of rotatable bonds is 9. The number of hydrogen-bond donors (Lipinski definition) is 3. The SMILES string of the molecule is CN(C)C(=O)Nc1cccc(CNC(=O)CCCCCCN)c1. The molecule has 23 heavy (non-hydrogen) atoms. The summed E-state index contributed by atoms with van der Waals surface area (Å²) in [4.78, 5) is 24.9. The topological polar surface area (TPSA) is 87.5 Å². The predicted octanol–water partition coefficient (Wildman–Crippen LogP) is 2.31. The van der Waals surface area contributed by atoms with Gasteiger partial charge in [0.05, 0.1) is 0 Å². The number of benzene rings is 1. The molecule has 1 aromatic carbocycles. The van der Waals surface area contributed by atoms with Gasteiger partial charge in [0.1, 0.15) is 0 Å². The average molecular weight is 320 g/mol. The van der Waals surface area contributed by atoms with Gasteiger partial charge in [0.2, 0.25) is 5.91 Å². The van der Waals surface area contributed by atoms with E-state index in [4.69, 9.17) is 5.73 Å². The third kappa shape index (κ3) is 8.21. The third-order valence-electron chi connectivity index (χ3n) is 3.43. The number of anilines is 1. The lowest BCUT2D eigenvalue weighted by Crippen LogP contribution is -2.27. The van der Waals surface area contributed by atoms with E-state index in [-0.39, 0.29) is 11.9 Å². The number of nitrogens with zero attached hydrogens (tertiary/aromatic N) is 1. The van der Waals surface area contributed by atoms with Crippen molar-refractivity contribution in [1.82, 2.24) is 10.2 Å². The number of nitrogens with two attached hydrogens (primary N) is 1. The van der Waals surface area contributed by atoms with Crippen LogP contribution in [0.25, 0.3) is 0 Å². The molecule has 6 nitrogen and oxygen atoms in total. The van der Waals surface area contributed by atoms with Crippen molar-refractivity contribution in [3.8, 4) is 0 Å². The number of amides is 3. The molecule has 1 aromatic rings. The molecule has 6 heteroatoms. The molecule has 0 bridgehead atoms.